The highest BCUT2D eigenvalue weighted by molar-refractivity contribution is 5.41. The van der Waals surface area contributed by atoms with Gasteiger partial charge in [0.1, 0.15) is 5.75 Å². The van der Waals surface area contributed by atoms with Crippen LogP contribution in [0.1, 0.15) is 36.1 Å². The van der Waals surface area contributed by atoms with Gasteiger partial charge in [0, 0.05) is 36.8 Å². The molecule has 0 atom stereocenters. The summed E-state index contributed by atoms with van der Waals surface area (Å²) in [4.78, 5) is 13.1. The Morgan fingerprint density at radius 1 is 1.07 bits per heavy atom. The summed E-state index contributed by atoms with van der Waals surface area (Å²) in [6.07, 6.45) is 3.51. The summed E-state index contributed by atoms with van der Waals surface area (Å²) in [5, 5.41) is 3.59. The molecule has 1 aliphatic rings. The molecule has 1 saturated carbocycles. The molecular weight excluding hydrogens is 362 g/mol. The van der Waals surface area contributed by atoms with Crippen molar-refractivity contribution in [3.05, 3.63) is 81.8 Å². The first-order chi connectivity index (χ1) is 14.1. The van der Waals surface area contributed by atoms with E-state index in [9.17, 15) is 4.79 Å². The molecule has 0 bridgehead atoms. The lowest BCUT2D eigenvalue weighted by molar-refractivity contribution is 0.225. The molecule has 0 saturated heterocycles. The molecule has 1 fully saturated rings. The van der Waals surface area contributed by atoms with Gasteiger partial charge in [0.2, 0.25) is 0 Å². The number of aromatic nitrogens is 2. The maximum Gasteiger partial charge on any atom is 0.276 e. The third-order valence-corrected chi connectivity index (χ3v) is 6.43. The number of methoxy groups -OCH3 is 1. The van der Waals surface area contributed by atoms with Gasteiger partial charge in [0.05, 0.1) is 18.4 Å². The Morgan fingerprint density at radius 2 is 1.76 bits per heavy atom. The molecule has 1 aromatic heterocycles. The lowest BCUT2D eigenvalue weighted by Crippen LogP contribution is -2.44. The highest BCUT2D eigenvalue weighted by atomic mass is 16.5. The van der Waals surface area contributed by atoms with E-state index in [1.165, 1.54) is 12.0 Å². The number of benzene rings is 2. The van der Waals surface area contributed by atoms with Gasteiger partial charge in [-0.1, -0.05) is 42.8 Å². The van der Waals surface area contributed by atoms with Crippen molar-refractivity contribution in [1.29, 1.82) is 0 Å². The van der Waals surface area contributed by atoms with Crippen molar-refractivity contribution in [2.45, 2.75) is 38.1 Å². The molecule has 4 rings (SSSR count). The summed E-state index contributed by atoms with van der Waals surface area (Å²) in [5.74, 6) is 0.955. The maximum absolute atomic E-state index is 13.1. The fraction of sp³-hybridized carbons (Fsp3) is 0.375. The molecule has 5 nitrogen and oxygen atoms in total. The zero-order valence-electron chi connectivity index (χ0n) is 17.4. The Balaban J connectivity index is 1.55. The van der Waals surface area contributed by atoms with Crippen molar-refractivity contribution in [2.24, 2.45) is 7.05 Å². The van der Waals surface area contributed by atoms with Gasteiger partial charge in [-0.3, -0.25) is 9.48 Å². The molecule has 0 unspecified atom stereocenters. The second-order valence-electron chi connectivity index (χ2n) is 7.98. The summed E-state index contributed by atoms with van der Waals surface area (Å²) < 4.78 is 9.29. The van der Waals surface area contributed by atoms with Crippen LogP contribution in [0.25, 0.3) is 5.69 Å². The van der Waals surface area contributed by atoms with Crippen molar-refractivity contribution < 1.29 is 4.74 Å². The highest BCUT2D eigenvalue weighted by Gasteiger charge is 2.40. The molecule has 2 aromatic carbocycles. The minimum atomic E-state index is 0.0450. The standard InChI is InChI=1S/C24H29N3O2/c1-18-20(23(28)27(26(18)2)19-10-5-4-6-11-19)16-25-17-24(14-9-15-24)21-12-7-8-13-22(21)29-3/h4-8,10-13,25H,9,14-17H2,1-3H3. The normalized spacial score (nSPS) is 15.1. The molecule has 1 heterocycles. The average Bonchev–Trinajstić information content (AvgIpc) is 2.93. The third-order valence-electron chi connectivity index (χ3n) is 6.43. The van der Waals surface area contributed by atoms with Crippen LogP contribution in [0.5, 0.6) is 5.75 Å². The van der Waals surface area contributed by atoms with E-state index in [2.05, 4.69) is 17.4 Å². The van der Waals surface area contributed by atoms with Crippen LogP contribution in [0.3, 0.4) is 0 Å². The van der Waals surface area contributed by atoms with Crippen molar-refractivity contribution in [1.82, 2.24) is 14.7 Å². The molecule has 0 aliphatic heterocycles. The number of hydrogen-bond donors (Lipinski definition) is 1. The average molecular weight is 392 g/mol. The topological polar surface area (TPSA) is 48.2 Å². The molecule has 5 heteroatoms. The summed E-state index contributed by atoms with van der Waals surface area (Å²) in [5.41, 5.74) is 4.11. The van der Waals surface area contributed by atoms with E-state index in [1.807, 2.05) is 61.1 Å². The summed E-state index contributed by atoms with van der Waals surface area (Å²) in [6, 6.07) is 18.1. The molecule has 1 aliphatic carbocycles. The summed E-state index contributed by atoms with van der Waals surface area (Å²) in [6.45, 7) is 3.42. The second-order valence-corrected chi connectivity index (χ2v) is 7.98. The quantitative estimate of drug-likeness (QED) is 0.668. The smallest absolute Gasteiger partial charge is 0.276 e. The van der Waals surface area contributed by atoms with Gasteiger partial charge in [0.25, 0.3) is 5.56 Å². The molecule has 0 amide bonds. The van der Waals surface area contributed by atoms with E-state index in [-0.39, 0.29) is 11.0 Å². The van der Waals surface area contributed by atoms with E-state index in [1.54, 1.807) is 11.8 Å². The number of para-hydroxylation sites is 2. The van der Waals surface area contributed by atoms with Gasteiger partial charge in [-0.25, -0.2) is 4.68 Å². The predicted octanol–water partition coefficient (Wildman–Crippen LogP) is 3.70. The van der Waals surface area contributed by atoms with Gasteiger partial charge in [-0.15, -0.1) is 0 Å². The zero-order valence-corrected chi connectivity index (χ0v) is 17.4. The SMILES string of the molecule is COc1ccccc1C1(CNCc2c(C)n(C)n(-c3ccccc3)c2=O)CCC1. The molecule has 0 spiro atoms. The highest BCUT2D eigenvalue weighted by Crippen LogP contribution is 2.46. The van der Waals surface area contributed by atoms with Gasteiger partial charge < -0.3 is 10.1 Å². The Morgan fingerprint density at radius 3 is 2.41 bits per heavy atom. The molecule has 152 valence electrons. The van der Waals surface area contributed by atoms with Crippen LogP contribution < -0.4 is 15.6 Å². The van der Waals surface area contributed by atoms with E-state index in [0.717, 1.165) is 42.1 Å². The lowest BCUT2D eigenvalue weighted by atomic mass is 9.64. The van der Waals surface area contributed by atoms with E-state index in [4.69, 9.17) is 4.74 Å². The monoisotopic (exact) mass is 391 g/mol. The molecule has 29 heavy (non-hydrogen) atoms. The minimum absolute atomic E-state index is 0.0450. The van der Waals surface area contributed by atoms with Gasteiger partial charge in [-0.2, -0.15) is 0 Å². The number of hydrogen-bond acceptors (Lipinski definition) is 3. The number of rotatable bonds is 7. The third kappa shape index (κ3) is 3.40. The van der Waals surface area contributed by atoms with Crippen molar-refractivity contribution >= 4 is 0 Å². The van der Waals surface area contributed by atoms with Crippen molar-refractivity contribution in [3.8, 4) is 11.4 Å². The summed E-state index contributed by atoms with van der Waals surface area (Å²) in [7, 11) is 3.67. The maximum atomic E-state index is 13.1. The van der Waals surface area contributed by atoms with Crippen LogP contribution in [-0.2, 0) is 19.0 Å². The van der Waals surface area contributed by atoms with Crippen molar-refractivity contribution in [3.63, 3.8) is 0 Å². The Labute approximate surface area is 171 Å². The Bertz CT molecular complexity index is 1050. The molecule has 0 radical (unpaired) electrons. The van der Waals surface area contributed by atoms with Crippen molar-refractivity contribution in [2.75, 3.05) is 13.7 Å². The van der Waals surface area contributed by atoms with Gasteiger partial charge in [0.15, 0.2) is 0 Å². The van der Waals surface area contributed by atoms with Crippen LogP contribution in [0.15, 0.2) is 59.4 Å². The molecule has 3 aromatic rings. The fourth-order valence-corrected chi connectivity index (χ4v) is 4.48. The largest absolute Gasteiger partial charge is 0.496 e. The lowest BCUT2D eigenvalue weighted by Gasteiger charge is -2.43. The Kier molecular flexibility index (Phi) is 5.33. The second kappa shape index (κ2) is 7.91. The van der Waals surface area contributed by atoms with Crippen LogP contribution in [0, 0.1) is 6.92 Å². The zero-order chi connectivity index (χ0) is 20.4. The van der Waals surface area contributed by atoms with Crippen LogP contribution in [-0.4, -0.2) is 23.0 Å². The van der Waals surface area contributed by atoms with Crippen LogP contribution in [0.2, 0.25) is 0 Å². The molecular formula is C24H29N3O2. The number of nitrogens with one attached hydrogen (secondary N) is 1. The Hall–Kier alpha value is -2.79. The van der Waals surface area contributed by atoms with E-state index < -0.39 is 0 Å². The van der Waals surface area contributed by atoms with E-state index >= 15 is 0 Å². The van der Waals surface area contributed by atoms with Crippen LogP contribution in [0.4, 0.5) is 0 Å². The first kappa shape index (κ1) is 19.5. The predicted molar refractivity (Wildman–Crippen MR) is 116 cm³/mol. The van der Waals surface area contributed by atoms with Gasteiger partial charge >= 0.3 is 0 Å². The number of ether oxygens (including phenoxy) is 1. The first-order valence-electron chi connectivity index (χ1n) is 10.2. The number of nitrogens with zero attached hydrogens (tertiary/aromatic N) is 2. The van der Waals surface area contributed by atoms with Gasteiger partial charge in [-0.05, 0) is 38.0 Å². The van der Waals surface area contributed by atoms with E-state index in [0.29, 0.717) is 6.54 Å². The van der Waals surface area contributed by atoms with Crippen LogP contribution >= 0.6 is 0 Å². The fourth-order valence-electron chi connectivity index (χ4n) is 4.48. The summed E-state index contributed by atoms with van der Waals surface area (Å²) >= 11 is 0. The molecule has 1 N–H and O–H groups in total. The minimum Gasteiger partial charge on any atom is -0.496 e. The first-order valence-corrected chi connectivity index (χ1v) is 10.2.